The number of carbonyl (C=O) groups excluding carboxylic acids is 1. The quantitative estimate of drug-likeness (QED) is 0.373. The van der Waals surface area contributed by atoms with Gasteiger partial charge in [-0.15, -0.1) is 0 Å². The molecule has 0 fully saturated rings. The first-order valence-corrected chi connectivity index (χ1v) is 5.60. The van der Waals surface area contributed by atoms with Crippen LogP contribution in [0.1, 0.15) is 18.7 Å². The second kappa shape index (κ2) is 5.83. The van der Waals surface area contributed by atoms with E-state index >= 15 is 0 Å². The van der Waals surface area contributed by atoms with Crippen molar-refractivity contribution in [1.82, 2.24) is 0 Å². The average molecular weight is 270 g/mol. The summed E-state index contributed by atoms with van der Waals surface area (Å²) >= 11 is 0. The molecule has 0 amide bonds. The number of ether oxygens (including phenoxy) is 1. The van der Waals surface area contributed by atoms with Crippen LogP contribution >= 0.6 is 0 Å². The predicted molar refractivity (Wildman–Crippen MR) is 55.6 cm³/mol. The number of phenols is 1. The Labute approximate surface area is 122 Å². The molecule has 0 aliphatic carbocycles. The minimum atomic E-state index is -4.51. The van der Waals surface area contributed by atoms with Crippen molar-refractivity contribution in [1.29, 1.82) is 0 Å². The van der Waals surface area contributed by atoms with Crippen molar-refractivity contribution in [2.75, 3.05) is 7.11 Å². The van der Waals surface area contributed by atoms with Gasteiger partial charge in [-0.05, 0) is 13.0 Å². The molecule has 0 unspecified atom stereocenters. The van der Waals surface area contributed by atoms with Gasteiger partial charge in [0.25, 0.3) is 10.1 Å². The molecular weight excluding hydrogens is 259 g/mol. The van der Waals surface area contributed by atoms with E-state index < -0.39 is 26.5 Å². The zero-order valence-corrected chi connectivity index (χ0v) is 12.4. The van der Waals surface area contributed by atoms with E-state index in [1.807, 2.05) is 0 Å². The van der Waals surface area contributed by atoms with Crippen LogP contribution in [0.25, 0.3) is 0 Å². The molecule has 0 aliphatic rings. The van der Waals surface area contributed by atoms with Gasteiger partial charge in [0.05, 0.1) is 12.7 Å². The van der Waals surface area contributed by atoms with Crippen molar-refractivity contribution >= 4 is 15.9 Å². The number of hydrogen-bond donors (Lipinski definition) is 2. The Balaban J connectivity index is 0. The van der Waals surface area contributed by atoms with Crippen LogP contribution in [0, 0.1) is 0 Å². The van der Waals surface area contributed by atoms with E-state index in [0.29, 0.717) is 0 Å². The molecule has 0 aromatic heterocycles. The van der Waals surface area contributed by atoms with Crippen molar-refractivity contribution in [2.24, 2.45) is 0 Å². The largest absolute Gasteiger partial charge is 1.00 e. The van der Waals surface area contributed by atoms with Crippen LogP contribution in [0.2, 0.25) is 0 Å². The summed E-state index contributed by atoms with van der Waals surface area (Å²) in [4.78, 5) is 10.5. The molecule has 0 saturated heterocycles. The number of methoxy groups -OCH3 is 1. The molecule has 8 heteroatoms. The Morgan fingerprint density at radius 1 is 1.41 bits per heavy atom. The Morgan fingerprint density at radius 2 is 1.94 bits per heavy atom. The van der Waals surface area contributed by atoms with Crippen molar-refractivity contribution in [3.63, 3.8) is 0 Å². The van der Waals surface area contributed by atoms with Gasteiger partial charge in [-0.1, -0.05) is 0 Å². The van der Waals surface area contributed by atoms with Crippen molar-refractivity contribution < 1.29 is 58.6 Å². The van der Waals surface area contributed by atoms with Crippen LogP contribution in [0.4, 0.5) is 0 Å². The summed E-state index contributed by atoms with van der Waals surface area (Å²) in [6.45, 7) is 1.16. The maximum absolute atomic E-state index is 11.1. The summed E-state index contributed by atoms with van der Waals surface area (Å²) in [5.74, 6) is -1.16. The van der Waals surface area contributed by atoms with E-state index in [2.05, 4.69) is 4.74 Å². The van der Waals surface area contributed by atoms with Gasteiger partial charge >= 0.3 is 29.6 Å². The topological polar surface area (TPSA) is 101 Å². The SMILES string of the molecule is COc1cc(O)c(C(C)=O)cc1S(=O)(=O)O.[H-].[Na+]. The first kappa shape index (κ1) is 16.4. The molecule has 90 valence electrons. The number of benzene rings is 1. The van der Waals surface area contributed by atoms with E-state index in [1.165, 1.54) is 7.11 Å². The smallest absolute Gasteiger partial charge is 1.00 e. The van der Waals surface area contributed by atoms with E-state index in [9.17, 15) is 18.3 Å². The van der Waals surface area contributed by atoms with E-state index in [0.717, 1.165) is 19.1 Å². The van der Waals surface area contributed by atoms with Crippen molar-refractivity contribution in [3.8, 4) is 11.5 Å². The molecule has 0 radical (unpaired) electrons. The third-order valence-corrected chi connectivity index (χ3v) is 2.81. The number of carbonyl (C=O) groups is 1. The third-order valence-electron chi connectivity index (χ3n) is 1.94. The molecule has 0 atom stereocenters. The summed E-state index contributed by atoms with van der Waals surface area (Å²) in [6.07, 6.45) is 0. The molecule has 0 heterocycles. The Bertz CT molecular complexity index is 542. The van der Waals surface area contributed by atoms with Crippen LogP contribution < -0.4 is 34.3 Å². The number of ketones is 1. The fourth-order valence-corrected chi connectivity index (χ4v) is 1.86. The number of phenolic OH excluding ortho intramolecular Hbond substituents is 1. The zero-order valence-electron chi connectivity index (χ0n) is 10.6. The molecule has 1 aromatic carbocycles. The second-order valence-corrected chi connectivity index (χ2v) is 4.44. The molecule has 6 nitrogen and oxygen atoms in total. The maximum Gasteiger partial charge on any atom is 1.00 e. The van der Waals surface area contributed by atoms with E-state index in [-0.39, 0.29) is 42.3 Å². The summed E-state index contributed by atoms with van der Waals surface area (Å²) < 4.78 is 35.5. The number of Topliss-reactive ketones (excluding diaryl/α,β-unsaturated/α-hetero) is 1. The van der Waals surface area contributed by atoms with Gasteiger partial charge in [0.15, 0.2) is 5.78 Å². The number of rotatable bonds is 3. The monoisotopic (exact) mass is 270 g/mol. The Kier molecular flexibility index (Phi) is 5.63. The zero-order chi connectivity index (χ0) is 12.5. The van der Waals surface area contributed by atoms with Gasteiger partial charge < -0.3 is 11.3 Å². The van der Waals surface area contributed by atoms with Gasteiger partial charge in [-0.25, -0.2) is 0 Å². The number of aromatic hydroxyl groups is 1. The molecular formula is C9H11NaO6S. The predicted octanol–water partition coefficient (Wildman–Crippen LogP) is -2.03. The maximum atomic E-state index is 11.1. The molecule has 0 spiro atoms. The fraction of sp³-hybridized carbons (Fsp3) is 0.222. The molecule has 17 heavy (non-hydrogen) atoms. The minimum Gasteiger partial charge on any atom is -1.00 e. The standard InChI is InChI=1S/C9H10O6S.Na.H/c1-5(10)6-3-9(16(12,13)14)8(15-2)4-7(6)11;;/h3-4,11H,1-2H3,(H,12,13,14);;/q;+1;-1. The second-order valence-electron chi connectivity index (χ2n) is 3.05. The van der Waals surface area contributed by atoms with Gasteiger partial charge in [0.2, 0.25) is 0 Å². The summed E-state index contributed by atoms with van der Waals surface area (Å²) in [7, 11) is -3.33. The first-order valence-electron chi connectivity index (χ1n) is 4.16. The third kappa shape index (κ3) is 3.68. The molecule has 2 N–H and O–H groups in total. The van der Waals surface area contributed by atoms with Crippen LogP contribution in [-0.4, -0.2) is 31.0 Å². The molecule has 0 saturated carbocycles. The fourth-order valence-electron chi connectivity index (χ4n) is 1.19. The first-order chi connectivity index (χ1) is 7.27. The number of hydrogen-bond acceptors (Lipinski definition) is 5. The van der Waals surface area contributed by atoms with Gasteiger partial charge in [-0.3, -0.25) is 9.35 Å². The summed E-state index contributed by atoms with van der Waals surface area (Å²) in [6, 6.07) is 1.83. The Hall–Kier alpha value is -0.600. The minimum absolute atomic E-state index is 0. The van der Waals surface area contributed by atoms with Crippen LogP contribution in [0.3, 0.4) is 0 Å². The van der Waals surface area contributed by atoms with E-state index in [1.54, 1.807) is 0 Å². The van der Waals surface area contributed by atoms with E-state index in [4.69, 9.17) is 4.55 Å². The normalized spacial score (nSPS) is 10.5. The van der Waals surface area contributed by atoms with Gasteiger partial charge in [0, 0.05) is 6.07 Å². The summed E-state index contributed by atoms with van der Waals surface area (Å²) in [5.41, 5.74) is -0.201. The molecule has 1 aromatic rings. The van der Waals surface area contributed by atoms with Crippen LogP contribution in [0.5, 0.6) is 11.5 Å². The molecule has 0 aliphatic heterocycles. The molecule has 1 rings (SSSR count). The average Bonchev–Trinajstić information content (AvgIpc) is 2.14. The van der Waals surface area contributed by atoms with Crippen molar-refractivity contribution in [3.05, 3.63) is 17.7 Å². The molecule has 0 bridgehead atoms. The Morgan fingerprint density at radius 3 is 2.29 bits per heavy atom. The summed E-state index contributed by atoms with van der Waals surface area (Å²) in [5, 5.41) is 9.41. The van der Waals surface area contributed by atoms with Gasteiger partial charge in [-0.2, -0.15) is 8.42 Å². The van der Waals surface area contributed by atoms with Gasteiger partial charge in [0.1, 0.15) is 16.4 Å². The van der Waals surface area contributed by atoms with Crippen LogP contribution in [-0.2, 0) is 10.1 Å². The van der Waals surface area contributed by atoms with Crippen molar-refractivity contribution in [2.45, 2.75) is 11.8 Å². The van der Waals surface area contributed by atoms with Crippen LogP contribution in [0.15, 0.2) is 17.0 Å².